The average molecular weight is 536 g/mol. The third-order valence-corrected chi connectivity index (χ3v) is 6.56. The number of fused-ring (bicyclic) bond motifs is 2. The van der Waals surface area contributed by atoms with Gasteiger partial charge in [0, 0.05) is 41.2 Å². The fourth-order valence-corrected chi connectivity index (χ4v) is 4.75. The van der Waals surface area contributed by atoms with Crippen molar-refractivity contribution in [3.8, 4) is 39.5 Å². The first kappa shape index (κ1) is 25.2. The molecule has 0 radical (unpaired) electrons. The van der Waals surface area contributed by atoms with Gasteiger partial charge in [0.2, 0.25) is 5.91 Å². The number of methoxy groups -OCH3 is 1. The minimum absolute atomic E-state index is 0.0574. The number of carbonyl (C=O) groups is 1. The van der Waals surface area contributed by atoms with Crippen LogP contribution in [0.15, 0.2) is 67.3 Å². The highest BCUT2D eigenvalue weighted by Crippen LogP contribution is 2.35. The van der Waals surface area contributed by atoms with Gasteiger partial charge in [-0.25, -0.2) is 9.37 Å². The summed E-state index contributed by atoms with van der Waals surface area (Å²) in [4.78, 5) is 29.0. The monoisotopic (exact) mass is 535 g/mol. The summed E-state index contributed by atoms with van der Waals surface area (Å²) in [5.41, 5.74) is 6.39. The zero-order valence-electron chi connectivity index (χ0n) is 22.1. The number of H-pyrrole nitrogens is 2. The minimum atomic E-state index is -0.383. The molecule has 0 aliphatic heterocycles. The largest absolute Gasteiger partial charge is 0.497 e. The van der Waals surface area contributed by atoms with E-state index >= 15 is 0 Å². The second kappa shape index (κ2) is 10.2. The summed E-state index contributed by atoms with van der Waals surface area (Å²) in [5, 5.41) is 12.2. The molecule has 10 heteroatoms. The number of hydrogen-bond acceptors (Lipinski definition) is 6. The molecule has 0 aliphatic carbocycles. The number of pyridine rings is 3. The smallest absolute Gasteiger partial charge is 0.224 e. The maximum absolute atomic E-state index is 14.3. The number of amides is 1. The second-order valence-corrected chi connectivity index (χ2v) is 9.98. The number of anilines is 1. The van der Waals surface area contributed by atoms with Crippen molar-refractivity contribution in [1.29, 1.82) is 0 Å². The van der Waals surface area contributed by atoms with E-state index in [2.05, 4.69) is 35.5 Å². The van der Waals surface area contributed by atoms with Crippen LogP contribution in [-0.4, -0.2) is 43.2 Å². The van der Waals surface area contributed by atoms with Gasteiger partial charge >= 0.3 is 0 Å². The zero-order valence-corrected chi connectivity index (χ0v) is 22.1. The predicted octanol–water partition coefficient (Wildman–Crippen LogP) is 6.36. The quantitative estimate of drug-likeness (QED) is 0.219. The summed E-state index contributed by atoms with van der Waals surface area (Å²) in [7, 11) is 1.51. The van der Waals surface area contributed by atoms with Crippen molar-refractivity contribution in [1.82, 2.24) is 30.1 Å². The molecule has 0 saturated heterocycles. The molecule has 0 unspecified atom stereocenters. The predicted molar refractivity (Wildman–Crippen MR) is 152 cm³/mol. The molecule has 0 spiro atoms. The summed E-state index contributed by atoms with van der Waals surface area (Å²) < 4.78 is 19.5. The molecule has 3 N–H and O–H groups in total. The van der Waals surface area contributed by atoms with Crippen LogP contribution in [0.5, 0.6) is 5.75 Å². The van der Waals surface area contributed by atoms with Crippen molar-refractivity contribution >= 4 is 33.5 Å². The van der Waals surface area contributed by atoms with E-state index in [-0.39, 0.29) is 17.6 Å². The molecular weight excluding hydrogens is 509 g/mol. The number of nitrogens with one attached hydrogen (secondary N) is 3. The Bertz CT molecular complexity index is 1880. The molecule has 40 heavy (non-hydrogen) atoms. The summed E-state index contributed by atoms with van der Waals surface area (Å²) >= 11 is 0. The highest BCUT2D eigenvalue weighted by Gasteiger charge is 2.16. The second-order valence-electron chi connectivity index (χ2n) is 9.98. The fourth-order valence-electron chi connectivity index (χ4n) is 4.75. The molecule has 5 aromatic heterocycles. The number of ether oxygens (including phenoxy) is 1. The summed E-state index contributed by atoms with van der Waals surface area (Å²) in [6.07, 6.45) is 7.16. The van der Waals surface area contributed by atoms with E-state index in [9.17, 15) is 9.18 Å². The van der Waals surface area contributed by atoms with Gasteiger partial charge in [-0.2, -0.15) is 5.10 Å². The topological polar surface area (TPSA) is 121 Å². The minimum Gasteiger partial charge on any atom is -0.497 e. The number of carbonyl (C=O) groups excluding carboxylic acids is 1. The Kier molecular flexibility index (Phi) is 6.43. The number of rotatable bonds is 7. The first-order valence-corrected chi connectivity index (χ1v) is 12.8. The normalized spacial score (nSPS) is 11.4. The van der Waals surface area contributed by atoms with Crippen molar-refractivity contribution in [3.63, 3.8) is 0 Å². The van der Waals surface area contributed by atoms with Gasteiger partial charge in [0.05, 0.1) is 42.1 Å². The zero-order chi connectivity index (χ0) is 27.8. The number of halogens is 1. The Morgan fingerprint density at radius 1 is 1.02 bits per heavy atom. The van der Waals surface area contributed by atoms with Gasteiger partial charge in [-0.1, -0.05) is 13.8 Å². The van der Waals surface area contributed by atoms with Crippen molar-refractivity contribution in [2.45, 2.75) is 20.3 Å². The van der Waals surface area contributed by atoms with Crippen LogP contribution in [0.25, 0.3) is 55.7 Å². The van der Waals surface area contributed by atoms with Crippen molar-refractivity contribution in [2.24, 2.45) is 5.92 Å². The SMILES string of the molecule is COc1cc(F)cc(-c2ccnc3[nH]c(-c4n[nH]c5cnc(-c6cncc(NC(=O)CC(C)C)c6)cc45)cc23)c1. The molecule has 5 heterocycles. The number of nitrogens with zero attached hydrogens (tertiary/aromatic N) is 4. The fraction of sp³-hybridized carbons (Fsp3) is 0.167. The van der Waals surface area contributed by atoms with Gasteiger partial charge in [0.25, 0.3) is 0 Å². The first-order valence-electron chi connectivity index (χ1n) is 12.8. The van der Waals surface area contributed by atoms with Gasteiger partial charge in [0.1, 0.15) is 22.9 Å². The maximum Gasteiger partial charge on any atom is 0.224 e. The number of aromatic amines is 2. The number of hydrogen-bond donors (Lipinski definition) is 3. The highest BCUT2D eigenvalue weighted by molar-refractivity contribution is 6.00. The van der Waals surface area contributed by atoms with Crippen molar-refractivity contribution in [2.75, 3.05) is 12.4 Å². The van der Waals surface area contributed by atoms with Crippen LogP contribution < -0.4 is 10.1 Å². The van der Waals surface area contributed by atoms with E-state index in [1.54, 1.807) is 30.9 Å². The van der Waals surface area contributed by atoms with Gasteiger partial charge in [-0.3, -0.25) is 19.9 Å². The molecule has 200 valence electrons. The van der Waals surface area contributed by atoms with Gasteiger partial charge in [0.15, 0.2) is 0 Å². The van der Waals surface area contributed by atoms with Gasteiger partial charge < -0.3 is 15.0 Å². The van der Waals surface area contributed by atoms with Crippen LogP contribution in [0.4, 0.5) is 10.1 Å². The molecule has 0 fully saturated rings. The first-order chi connectivity index (χ1) is 19.4. The van der Waals surface area contributed by atoms with E-state index < -0.39 is 0 Å². The molecule has 0 atom stereocenters. The summed E-state index contributed by atoms with van der Waals surface area (Å²) in [5.74, 6) is 0.254. The van der Waals surface area contributed by atoms with Crippen LogP contribution in [0.3, 0.4) is 0 Å². The van der Waals surface area contributed by atoms with Gasteiger partial charge in [-0.15, -0.1) is 0 Å². The third-order valence-electron chi connectivity index (χ3n) is 6.56. The van der Waals surface area contributed by atoms with Gasteiger partial charge in [-0.05, 0) is 53.4 Å². The third kappa shape index (κ3) is 4.86. The summed E-state index contributed by atoms with van der Waals surface area (Å²) in [6.45, 7) is 4.00. The van der Waals surface area contributed by atoms with Crippen LogP contribution >= 0.6 is 0 Å². The van der Waals surface area contributed by atoms with Crippen LogP contribution in [-0.2, 0) is 4.79 Å². The standard InChI is InChI=1S/C30H26FN7O2/c1-16(2)6-28(39)35-20-8-18(13-32-14-20)25-12-24-27(15-34-25)37-38-29(24)26-11-23-22(4-5-33-30(23)36-26)17-7-19(31)10-21(9-17)40-3/h4-5,7-16H,6H2,1-3H3,(H,33,36)(H,35,39)(H,37,38). The van der Waals surface area contributed by atoms with Crippen LogP contribution in [0.2, 0.25) is 0 Å². The molecule has 0 aliphatic rings. The lowest BCUT2D eigenvalue weighted by atomic mass is 10.0. The molecule has 1 amide bonds. The molecule has 6 aromatic rings. The Morgan fingerprint density at radius 3 is 2.73 bits per heavy atom. The van der Waals surface area contributed by atoms with Crippen molar-refractivity contribution < 1.29 is 13.9 Å². The molecular formula is C30H26FN7O2. The van der Waals surface area contributed by atoms with Crippen LogP contribution in [0.1, 0.15) is 20.3 Å². The highest BCUT2D eigenvalue weighted by atomic mass is 19.1. The maximum atomic E-state index is 14.3. The lowest BCUT2D eigenvalue weighted by Crippen LogP contribution is -2.13. The Balaban J connectivity index is 1.38. The Morgan fingerprint density at radius 2 is 1.90 bits per heavy atom. The van der Waals surface area contributed by atoms with E-state index in [0.717, 1.165) is 33.1 Å². The summed E-state index contributed by atoms with van der Waals surface area (Å²) in [6, 6.07) is 12.2. The Hall–Kier alpha value is -5.12. The molecule has 6 rings (SSSR count). The molecule has 0 saturated carbocycles. The average Bonchev–Trinajstić information content (AvgIpc) is 3.56. The van der Waals surface area contributed by atoms with E-state index in [0.29, 0.717) is 40.5 Å². The molecule has 9 nitrogen and oxygen atoms in total. The Labute approximate surface area is 228 Å². The number of benzene rings is 1. The molecule has 1 aromatic carbocycles. The molecule has 0 bridgehead atoms. The van der Waals surface area contributed by atoms with E-state index in [1.807, 2.05) is 38.1 Å². The van der Waals surface area contributed by atoms with E-state index in [1.165, 1.54) is 19.2 Å². The van der Waals surface area contributed by atoms with E-state index in [4.69, 9.17) is 4.74 Å². The van der Waals surface area contributed by atoms with Crippen LogP contribution in [0, 0.1) is 11.7 Å². The van der Waals surface area contributed by atoms with Crippen molar-refractivity contribution in [3.05, 3.63) is 73.1 Å². The lowest BCUT2D eigenvalue weighted by molar-refractivity contribution is -0.116. The number of aromatic nitrogens is 6. The lowest BCUT2D eigenvalue weighted by Gasteiger charge is -2.08.